The fourth-order valence-electron chi connectivity index (χ4n) is 5.29. The van der Waals surface area contributed by atoms with Gasteiger partial charge in [0.05, 0.1) is 48.6 Å². The Morgan fingerprint density at radius 1 is 0.922 bits per heavy atom. The Labute approximate surface area is 295 Å². The number of carbonyl (C=O) groups is 2. The van der Waals surface area contributed by atoms with Crippen molar-refractivity contribution in [2.45, 2.75) is 44.7 Å². The first-order valence-electron chi connectivity index (χ1n) is 16.1. The largest absolute Gasteiger partial charge is 0.487 e. The first-order valence-corrected chi connectivity index (χ1v) is 18.0. The van der Waals surface area contributed by atoms with Crippen LogP contribution in [0.4, 0.5) is 10.1 Å². The Morgan fingerprint density at radius 3 is 2.16 bits per heavy atom. The van der Waals surface area contributed by atoms with E-state index >= 15 is 0 Å². The summed E-state index contributed by atoms with van der Waals surface area (Å²) in [4.78, 5) is 27.4. The molecule has 51 heavy (non-hydrogen) atoms. The molecule has 2 amide bonds. The number of hydrogen-bond acceptors (Lipinski definition) is 8. The molecule has 12 nitrogen and oxygen atoms in total. The number of anilines is 1. The summed E-state index contributed by atoms with van der Waals surface area (Å²) in [5.41, 5.74) is 2.18. The van der Waals surface area contributed by atoms with Crippen LogP contribution in [0.2, 0.25) is 0 Å². The van der Waals surface area contributed by atoms with Gasteiger partial charge in [-0.05, 0) is 66.9 Å². The number of sulfonamides is 1. The molecule has 0 saturated heterocycles. The number of nitrogens with zero attached hydrogens (tertiary/aromatic N) is 4. The van der Waals surface area contributed by atoms with Crippen LogP contribution in [0.1, 0.15) is 50.5 Å². The number of halogens is 1. The molecule has 0 aliphatic rings. The zero-order valence-corrected chi connectivity index (χ0v) is 29.1. The predicted octanol–water partition coefficient (Wildman–Crippen LogP) is 4.29. The van der Waals surface area contributed by atoms with Crippen molar-refractivity contribution in [1.82, 2.24) is 25.6 Å². The van der Waals surface area contributed by atoms with Gasteiger partial charge in [0.1, 0.15) is 18.2 Å². The van der Waals surface area contributed by atoms with Gasteiger partial charge < -0.3 is 20.5 Å². The quantitative estimate of drug-likeness (QED) is 0.145. The van der Waals surface area contributed by atoms with Gasteiger partial charge in [0.2, 0.25) is 10.0 Å². The van der Waals surface area contributed by atoms with E-state index in [9.17, 15) is 27.5 Å². The topological polar surface area (TPSA) is 156 Å². The molecule has 0 aliphatic carbocycles. The SMILES string of the molecule is C[C@@H](NC(=O)c1cc(C(=O)N[C@@H](Cc2ccccc2)[C@@H](O)Cn2nncc2COc2ccccc2)cc(N(C)S(C)(=O)=O)c1)c1ccc(F)cc1. The standard InChI is InChI=1S/C37H39FN6O6S/c1-25(27-14-16-30(38)17-15-27)40-36(46)28-19-29(21-31(20-28)43(2)51(3,48)49)37(47)41-34(18-26-10-6-4-7-11-26)35(45)23-44-32(22-39-42-44)24-50-33-12-8-5-9-13-33/h4-17,19-22,25,34-35,45H,18,23-24H2,1-3H3,(H,40,46)(H,41,47)/t25-,34+,35+/m1/s1. The van der Waals surface area contributed by atoms with Gasteiger partial charge in [0.15, 0.2) is 0 Å². The summed E-state index contributed by atoms with van der Waals surface area (Å²) >= 11 is 0. The Balaban J connectivity index is 1.40. The molecule has 0 radical (unpaired) electrons. The van der Waals surface area contributed by atoms with Gasteiger partial charge in [-0.3, -0.25) is 13.9 Å². The van der Waals surface area contributed by atoms with E-state index in [4.69, 9.17) is 4.74 Å². The van der Waals surface area contributed by atoms with Crippen LogP contribution in [0.25, 0.3) is 0 Å². The van der Waals surface area contributed by atoms with Crippen molar-refractivity contribution >= 4 is 27.5 Å². The van der Waals surface area contributed by atoms with Crippen LogP contribution >= 0.6 is 0 Å². The lowest BCUT2D eigenvalue weighted by Gasteiger charge is -2.25. The van der Waals surface area contributed by atoms with Gasteiger partial charge >= 0.3 is 0 Å². The molecule has 1 heterocycles. The highest BCUT2D eigenvalue weighted by Gasteiger charge is 2.26. The van der Waals surface area contributed by atoms with Crippen LogP contribution in [-0.4, -0.2) is 65.8 Å². The van der Waals surface area contributed by atoms with E-state index < -0.39 is 45.8 Å². The lowest BCUT2D eigenvalue weighted by molar-refractivity contribution is 0.0772. The molecule has 3 atom stereocenters. The first-order chi connectivity index (χ1) is 24.4. The molecular formula is C37H39FN6O6S. The maximum Gasteiger partial charge on any atom is 0.251 e. The number of aliphatic hydroxyl groups excluding tert-OH is 1. The van der Waals surface area contributed by atoms with E-state index in [0.29, 0.717) is 17.0 Å². The summed E-state index contributed by atoms with van der Waals surface area (Å²) in [7, 11) is -2.46. The Morgan fingerprint density at radius 2 is 1.53 bits per heavy atom. The second kappa shape index (κ2) is 16.4. The Kier molecular flexibility index (Phi) is 11.8. The van der Waals surface area contributed by atoms with E-state index in [1.807, 2.05) is 60.7 Å². The van der Waals surface area contributed by atoms with Crippen molar-refractivity contribution in [3.8, 4) is 5.75 Å². The number of rotatable bonds is 15. The number of ether oxygens (including phenoxy) is 1. The molecule has 5 rings (SSSR count). The number of hydrogen-bond donors (Lipinski definition) is 3. The van der Waals surface area contributed by atoms with E-state index in [2.05, 4.69) is 20.9 Å². The Bertz CT molecular complexity index is 2050. The van der Waals surface area contributed by atoms with Gasteiger partial charge in [0, 0.05) is 18.2 Å². The summed E-state index contributed by atoms with van der Waals surface area (Å²) in [5, 5.41) is 25.4. The van der Waals surface area contributed by atoms with Crippen LogP contribution in [0.15, 0.2) is 109 Å². The van der Waals surface area contributed by atoms with Crippen molar-refractivity contribution in [1.29, 1.82) is 0 Å². The highest BCUT2D eigenvalue weighted by Crippen LogP contribution is 2.23. The molecule has 0 fully saturated rings. The molecule has 266 valence electrons. The van der Waals surface area contributed by atoms with Gasteiger partial charge in [-0.1, -0.05) is 65.9 Å². The van der Waals surface area contributed by atoms with Crippen molar-refractivity contribution in [2.75, 3.05) is 17.6 Å². The first kappa shape index (κ1) is 36.7. The minimum absolute atomic E-state index is 0.00875. The molecular weight excluding hydrogens is 676 g/mol. The van der Waals surface area contributed by atoms with Gasteiger partial charge in [0.25, 0.3) is 11.8 Å². The number of para-hydroxylation sites is 1. The smallest absolute Gasteiger partial charge is 0.251 e. The highest BCUT2D eigenvalue weighted by molar-refractivity contribution is 7.92. The average Bonchev–Trinajstić information content (AvgIpc) is 3.57. The second-order valence-corrected chi connectivity index (χ2v) is 14.1. The maximum absolute atomic E-state index is 13.9. The van der Waals surface area contributed by atoms with Crippen LogP contribution < -0.4 is 19.7 Å². The monoisotopic (exact) mass is 714 g/mol. The van der Waals surface area contributed by atoms with Gasteiger partial charge in [-0.15, -0.1) is 5.10 Å². The van der Waals surface area contributed by atoms with E-state index in [0.717, 1.165) is 16.1 Å². The Hall–Kier alpha value is -5.60. The lowest BCUT2D eigenvalue weighted by atomic mass is 10.00. The van der Waals surface area contributed by atoms with E-state index in [1.165, 1.54) is 48.3 Å². The number of amides is 2. The predicted molar refractivity (Wildman–Crippen MR) is 190 cm³/mol. The lowest BCUT2D eigenvalue weighted by Crippen LogP contribution is -2.47. The third-order valence-electron chi connectivity index (χ3n) is 8.29. The fourth-order valence-corrected chi connectivity index (χ4v) is 5.78. The summed E-state index contributed by atoms with van der Waals surface area (Å²) in [6, 6.07) is 26.9. The number of aromatic nitrogens is 3. The van der Waals surface area contributed by atoms with Gasteiger partial charge in [-0.2, -0.15) is 0 Å². The molecule has 1 aromatic heterocycles. The fraction of sp³-hybridized carbons (Fsp3) is 0.243. The maximum atomic E-state index is 13.9. The molecule has 3 N–H and O–H groups in total. The van der Waals surface area contributed by atoms with Crippen LogP contribution in [-0.2, 0) is 29.6 Å². The van der Waals surface area contributed by atoms with Crippen molar-refractivity contribution in [3.05, 3.63) is 143 Å². The third-order valence-corrected chi connectivity index (χ3v) is 9.49. The molecule has 0 saturated carbocycles. The number of nitrogens with one attached hydrogen (secondary N) is 2. The third kappa shape index (κ3) is 9.99. The van der Waals surface area contributed by atoms with Crippen LogP contribution in [0.5, 0.6) is 5.75 Å². The highest BCUT2D eigenvalue weighted by atomic mass is 32.2. The summed E-state index contributed by atoms with van der Waals surface area (Å²) in [6.45, 7) is 1.83. The van der Waals surface area contributed by atoms with Crippen LogP contribution in [0.3, 0.4) is 0 Å². The van der Waals surface area contributed by atoms with Crippen molar-refractivity contribution in [3.63, 3.8) is 0 Å². The molecule has 14 heteroatoms. The van der Waals surface area contributed by atoms with Crippen LogP contribution in [0, 0.1) is 5.82 Å². The van der Waals surface area contributed by atoms with Crippen molar-refractivity contribution in [2.24, 2.45) is 0 Å². The van der Waals surface area contributed by atoms with Crippen molar-refractivity contribution < 1.29 is 32.2 Å². The molecule has 0 bridgehead atoms. The van der Waals surface area contributed by atoms with Gasteiger partial charge in [-0.25, -0.2) is 17.5 Å². The normalized spacial score (nSPS) is 13.1. The molecule has 0 unspecified atom stereocenters. The summed E-state index contributed by atoms with van der Waals surface area (Å²) < 4.78 is 46.8. The number of aliphatic hydroxyl groups is 1. The molecule has 5 aromatic rings. The zero-order chi connectivity index (χ0) is 36.5. The zero-order valence-electron chi connectivity index (χ0n) is 28.3. The summed E-state index contributed by atoms with van der Waals surface area (Å²) in [6.07, 6.45) is 1.62. The minimum atomic E-state index is -3.78. The average molecular weight is 715 g/mol. The summed E-state index contributed by atoms with van der Waals surface area (Å²) in [5.74, 6) is -0.992. The number of carbonyl (C=O) groups excluding carboxylic acids is 2. The second-order valence-electron chi connectivity index (χ2n) is 12.1. The molecule has 4 aromatic carbocycles. The molecule has 0 aliphatic heterocycles. The van der Waals surface area contributed by atoms with E-state index in [-0.39, 0.29) is 36.4 Å². The molecule has 0 spiro atoms. The minimum Gasteiger partial charge on any atom is -0.487 e. The number of benzene rings is 4. The van der Waals surface area contributed by atoms with E-state index in [1.54, 1.807) is 19.1 Å².